The van der Waals surface area contributed by atoms with E-state index in [1.807, 2.05) is 19.1 Å². The summed E-state index contributed by atoms with van der Waals surface area (Å²) in [5.41, 5.74) is 4.83. The van der Waals surface area contributed by atoms with Gasteiger partial charge in [0, 0.05) is 26.1 Å². The highest BCUT2D eigenvalue weighted by atomic mass is 16.5. The molecule has 4 nitrogen and oxygen atoms in total. The largest absolute Gasteiger partial charge is 0.509 e. The van der Waals surface area contributed by atoms with Crippen molar-refractivity contribution in [3.63, 3.8) is 0 Å². The first kappa shape index (κ1) is 16.9. The van der Waals surface area contributed by atoms with Crippen LogP contribution in [-0.4, -0.2) is 29.8 Å². The van der Waals surface area contributed by atoms with Crippen molar-refractivity contribution in [2.45, 2.75) is 32.2 Å². The van der Waals surface area contributed by atoms with Gasteiger partial charge in [-0.15, -0.1) is 0 Å². The number of hydrogen-bond donors (Lipinski definition) is 2. The number of carbonyl (C=O) groups excluding carboxylic acids is 1. The van der Waals surface area contributed by atoms with E-state index in [4.69, 9.17) is 4.74 Å². The van der Waals surface area contributed by atoms with E-state index in [9.17, 15) is 9.90 Å². The van der Waals surface area contributed by atoms with Gasteiger partial charge in [-0.1, -0.05) is 42.0 Å². The first-order valence-electron chi connectivity index (χ1n) is 9.02. The highest BCUT2D eigenvalue weighted by Gasteiger charge is 2.47. The second-order valence-electron chi connectivity index (χ2n) is 7.27. The summed E-state index contributed by atoms with van der Waals surface area (Å²) < 4.78 is 5.41. The number of rotatable bonds is 2. The van der Waals surface area contributed by atoms with Crippen LogP contribution in [0.5, 0.6) is 0 Å². The van der Waals surface area contributed by atoms with E-state index in [0.29, 0.717) is 31.6 Å². The van der Waals surface area contributed by atoms with E-state index >= 15 is 0 Å². The van der Waals surface area contributed by atoms with Crippen LogP contribution in [0.1, 0.15) is 29.5 Å². The van der Waals surface area contributed by atoms with Crippen molar-refractivity contribution >= 4 is 11.5 Å². The van der Waals surface area contributed by atoms with Gasteiger partial charge in [-0.25, -0.2) is 0 Å². The van der Waals surface area contributed by atoms with E-state index in [2.05, 4.69) is 42.6 Å². The number of ether oxygens (including phenoxy) is 1. The zero-order valence-corrected chi connectivity index (χ0v) is 15.1. The molecule has 4 heteroatoms. The molecule has 2 N–H and O–H groups in total. The van der Waals surface area contributed by atoms with Crippen LogP contribution in [0, 0.1) is 13.8 Å². The van der Waals surface area contributed by atoms with Crippen LogP contribution in [0.3, 0.4) is 0 Å². The zero-order chi connectivity index (χ0) is 18.3. The molecule has 0 aromatic heterocycles. The molecule has 0 saturated carbocycles. The van der Waals surface area contributed by atoms with Crippen molar-refractivity contribution in [1.29, 1.82) is 0 Å². The Balaban J connectivity index is 1.80. The molecule has 2 aliphatic heterocycles. The summed E-state index contributed by atoms with van der Waals surface area (Å²) in [7, 11) is 0. The summed E-state index contributed by atoms with van der Waals surface area (Å²) in [5.74, 6) is -0.0384. The maximum absolute atomic E-state index is 12.7. The van der Waals surface area contributed by atoms with Gasteiger partial charge in [0.15, 0.2) is 0 Å². The zero-order valence-electron chi connectivity index (χ0n) is 15.1. The van der Waals surface area contributed by atoms with Crippen LogP contribution in [-0.2, 0) is 9.53 Å². The molecule has 2 aromatic carbocycles. The molecule has 0 radical (unpaired) electrons. The lowest BCUT2D eigenvalue weighted by molar-refractivity contribution is -0.117. The smallest absolute Gasteiger partial charge is 0.256 e. The molecule has 134 valence electrons. The Morgan fingerprint density at radius 2 is 1.65 bits per heavy atom. The second kappa shape index (κ2) is 6.29. The molecule has 1 spiro atoms. The number of nitrogens with one attached hydrogen (secondary N) is 1. The van der Waals surface area contributed by atoms with E-state index in [1.54, 1.807) is 0 Å². The summed E-state index contributed by atoms with van der Waals surface area (Å²) in [5, 5.41) is 14.0. The summed E-state index contributed by atoms with van der Waals surface area (Å²) in [6, 6.07) is 14.4. The number of aliphatic hydroxyl groups excluding tert-OH is 1. The number of amides is 1. The molecule has 2 aliphatic rings. The Hall–Kier alpha value is -2.59. The maximum atomic E-state index is 12.7. The van der Waals surface area contributed by atoms with Crippen LogP contribution >= 0.6 is 0 Å². The number of carbonyl (C=O) groups is 1. The monoisotopic (exact) mass is 349 g/mol. The minimum Gasteiger partial charge on any atom is -0.509 e. The molecule has 1 saturated heterocycles. The molecule has 26 heavy (non-hydrogen) atoms. The van der Waals surface area contributed by atoms with E-state index in [-0.39, 0.29) is 11.7 Å². The second-order valence-corrected chi connectivity index (χ2v) is 7.27. The van der Waals surface area contributed by atoms with E-state index in [1.165, 1.54) is 5.56 Å². The Labute approximate surface area is 153 Å². The predicted molar refractivity (Wildman–Crippen MR) is 102 cm³/mol. The Kier molecular flexibility index (Phi) is 4.08. The molecule has 0 bridgehead atoms. The van der Waals surface area contributed by atoms with Gasteiger partial charge in [-0.2, -0.15) is 0 Å². The molecule has 0 atom stereocenters. The van der Waals surface area contributed by atoms with Crippen LogP contribution in [0.25, 0.3) is 16.7 Å². The third kappa shape index (κ3) is 2.71. The van der Waals surface area contributed by atoms with Crippen LogP contribution in [0.4, 0.5) is 0 Å². The highest BCUT2D eigenvalue weighted by Crippen LogP contribution is 2.39. The fraction of sp³-hybridized carbons (Fsp3) is 0.318. The van der Waals surface area contributed by atoms with Crippen molar-refractivity contribution in [2.75, 3.05) is 13.2 Å². The van der Waals surface area contributed by atoms with Crippen molar-refractivity contribution in [3.8, 4) is 11.1 Å². The van der Waals surface area contributed by atoms with Gasteiger partial charge in [-0.05, 0) is 42.2 Å². The Bertz CT molecular complexity index is 890. The molecule has 4 rings (SSSR count). The molecule has 2 heterocycles. The minimum absolute atomic E-state index is 0.162. The summed E-state index contributed by atoms with van der Waals surface area (Å²) in [6.45, 7) is 5.11. The van der Waals surface area contributed by atoms with Crippen molar-refractivity contribution in [3.05, 3.63) is 64.9 Å². The van der Waals surface area contributed by atoms with Gasteiger partial charge in [-0.3, -0.25) is 4.79 Å². The Morgan fingerprint density at radius 1 is 1.00 bits per heavy atom. The SMILES string of the molecule is Cc1ccc(-c2ccc(C)c(C3=C(O)C4(CCOCC4)NC3=O)c2)cc1. The van der Waals surface area contributed by atoms with Crippen molar-refractivity contribution in [1.82, 2.24) is 5.32 Å². The normalized spacial score (nSPS) is 19.1. The van der Waals surface area contributed by atoms with Gasteiger partial charge in [0.1, 0.15) is 11.3 Å². The topological polar surface area (TPSA) is 58.6 Å². The standard InChI is InChI=1S/C22H23NO3/c1-14-3-6-16(7-4-14)17-8-5-15(2)18(13-17)19-20(24)22(23-21(19)25)9-11-26-12-10-22/h3-8,13,24H,9-12H2,1-2H3,(H,23,25). The lowest BCUT2D eigenvalue weighted by Crippen LogP contribution is -2.48. The van der Waals surface area contributed by atoms with E-state index in [0.717, 1.165) is 22.3 Å². The third-order valence-electron chi connectivity index (χ3n) is 5.51. The van der Waals surface area contributed by atoms with E-state index < -0.39 is 5.54 Å². The third-order valence-corrected chi connectivity index (χ3v) is 5.51. The van der Waals surface area contributed by atoms with Gasteiger partial charge in [0.05, 0.1) is 5.57 Å². The number of benzene rings is 2. The number of hydrogen-bond acceptors (Lipinski definition) is 3. The minimum atomic E-state index is -0.670. The number of aryl methyl sites for hydroxylation is 2. The first-order valence-corrected chi connectivity index (χ1v) is 9.02. The molecule has 0 aliphatic carbocycles. The van der Waals surface area contributed by atoms with Crippen LogP contribution < -0.4 is 5.32 Å². The van der Waals surface area contributed by atoms with Crippen molar-refractivity contribution < 1.29 is 14.6 Å². The molecular formula is C22H23NO3. The molecule has 2 aromatic rings. The summed E-state index contributed by atoms with van der Waals surface area (Å²) >= 11 is 0. The fourth-order valence-corrected chi connectivity index (χ4v) is 3.83. The average Bonchev–Trinajstić information content (AvgIpc) is 2.87. The van der Waals surface area contributed by atoms with Gasteiger partial charge < -0.3 is 15.2 Å². The molecule has 0 unspecified atom stereocenters. The van der Waals surface area contributed by atoms with Gasteiger partial charge in [0.2, 0.25) is 0 Å². The Morgan fingerprint density at radius 3 is 2.35 bits per heavy atom. The van der Waals surface area contributed by atoms with Gasteiger partial charge in [0.25, 0.3) is 5.91 Å². The molecule has 1 fully saturated rings. The molecule has 1 amide bonds. The quantitative estimate of drug-likeness (QED) is 0.864. The highest BCUT2D eigenvalue weighted by molar-refractivity contribution is 6.23. The first-order chi connectivity index (χ1) is 12.5. The van der Waals surface area contributed by atoms with Crippen molar-refractivity contribution in [2.24, 2.45) is 0 Å². The van der Waals surface area contributed by atoms with Gasteiger partial charge >= 0.3 is 0 Å². The predicted octanol–water partition coefficient (Wildman–Crippen LogP) is 3.92. The average molecular weight is 349 g/mol. The molecular weight excluding hydrogens is 326 g/mol. The summed E-state index contributed by atoms with van der Waals surface area (Å²) in [6.07, 6.45) is 1.20. The number of aliphatic hydroxyl groups is 1. The lowest BCUT2D eigenvalue weighted by Gasteiger charge is -2.33. The lowest BCUT2D eigenvalue weighted by atomic mass is 9.87. The van der Waals surface area contributed by atoms with Crippen LogP contribution in [0.15, 0.2) is 48.2 Å². The van der Waals surface area contributed by atoms with Crippen LogP contribution in [0.2, 0.25) is 0 Å². The fourth-order valence-electron chi connectivity index (χ4n) is 3.83. The maximum Gasteiger partial charge on any atom is 0.256 e. The summed E-state index contributed by atoms with van der Waals surface area (Å²) in [4.78, 5) is 12.7.